The van der Waals surface area contributed by atoms with Gasteiger partial charge < -0.3 is 24.2 Å². The highest BCUT2D eigenvalue weighted by atomic mass is 31.2. The van der Waals surface area contributed by atoms with Crippen molar-refractivity contribution in [2.45, 2.75) is 341 Å². The van der Waals surface area contributed by atoms with Gasteiger partial charge in [-0.3, -0.25) is 23.4 Å². The van der Waals surface area contributed by atoms with E-state index in [4.69, 9.17) is 23.3 Å². The third-order valence-electron chi connectivity index (χ3n) is 14.6. The smallest absolute Gasteiger partial charge is 0.462 e. The lowest BCUT2D eigenvalue weighted by Crippen LogP contribution is -2.30. The molecule has 0 aromatic rings. The van der Waals surface area contributed by atoms with Gasteiger partial charge in [0.15, 0.2) is 6.10 Å². The van der Waals surface area contributed by atoms with Gasteiger partial charge in [0.2, 0.25) is 0 Å². The van der Waals surface area contributed by atoms with Crippen molar-refractivity contribution in [3.63, 3.8) is 0 Å². The lowest BCUT2D eigenvalue weighted by atomic mass is 10.0. The molecule has 0 fully saturated rings. The summed E-state index contributed by atoms with van der Waals surface area (Å²) >= 11 is 0. The maximum atomic E-state index is 13.0. The van der Waals surface area contributed by atoms with Gasteiger partial charge >= 0.3 is 25.7 Å². The molecule has 0 saturated carbocycles. The Bertz CT molecular complexity index is 1450. The second-order valence-corrected chi connectivity index (χ2v) is 23.7. The lowest BCUT2D eigenvalue weighted by Gasteiger charge is -2.21. The summed E-state index contributed by atoms with van der Waals surface area (Å²) in [4.78, 5) is 48.8. The highest BCUT2D eigenvalue weighted by Crippen LogP contribution is 2.43. The Morgan fingerprint density at radius 3 is 1.03 bits per heavy atom. The summed E-state index contributed by atoms with van der Waals surface area (Å²) in [6.07, 6.45) is 65.3. The van der Waals surface area contributed by atoms with Crippen molar-refractivity contribution < 1.29 is 52.2 Å². The number of ether oxygens (including phenoxy) is 3. The van der Waals surface area contributed by atoms with Crippen LogP contribution in [0.25, 0.3) is 0 Å². The average Bonchev–Trinajstić information content (AvgIpc) is 3.43. The number of esters is 3. The van der Waals surface area contributed by atoms with E-state index >= 15 is 0 Å². The van der Waals surface area contributed by atoms with Gasteiger partial charge in [-0.25, -0.2) is 4.57 Å². The monoisotopic (exact) mass is 1120 g/mol. The molecule has 0 aliphatic carbocycles. The SMILES string of the molecule is CC/C=C\C/C=C\C/C=C\CCCCCCCC(=O)OC(CO)COP(=O)(O)OCC(COC(=O)CCCCCCCCCCCCCCCCCCCCC)OC(=O)CCCCCCCCCCCCCCCCCCC. The van der Waals surface area contributed by atoms with Crippen LogP contribution in [0.5, 0.6) is 0 Å². The number of aliphatic hydroxyl groups excluding tert-OH is 1. The Morgan fingerprint density at radius 1 is 0.372 bits per heavy atom. The third-order valence-corrected chi connectivity index (χ3v) is 15.5. The quantitative estimate of drug-likeness (QED) is 0.0197. The highest BCUT2D eigenvalue weighted by molar-refractivity contribution is 7.47. The van der Waals surface area contributed by atoms with E-state index in [1.54, 1.807) is 0 Å². The second kappa shape index (κ2) is 60.8. The van der Waals surface area contributed by atoms with Crippen LogP contribution in [-0.4, -0.2) is 66.5 Å². The zero-order valence-electron chi connectivity index (χ0n) is 50.9. The summed E-state index contributed by atoms with van der Waals surface area (Å²) in [5.41, 5.74) is 0. The lowest BCUT2D eigenvalue weighted by molar-refractivity contribution is -0.161. The number of hydrogen-bond acceptors (Lipinski definition) is 10. The van der Waals surface area contributed by atoms with Gasteiger partial charge in [0.05, 0.1) is 19.8 Å². The van der Waals surface area contributed by atoms with E-state index in [1.165, 1.54) is 180 Å². The number of carbonyl (C=O) groups is 3. The molecular weight excluding hydrogens is 1000 g/mol. The molecule has 3 atom stereocenters. The van der Waals surface area contributed by atoms with Crippen LogP contribution in [0, 0.1) is 0 Å². The van der Waals surface area contributed by atoms with Crippen molar-refractivity contribution >= 4 is 25.7 Å². The van der Waals surface area contributed by atoms with Crippen LogP contribution in [-0.2, 0) is 42.2 Å². The minimum absolute atomic E-state index is 0.161. The third kappa shape index (κ3) is 58.4. The van der Waals surface area contributed by atoms with E-state index < -0.39 is 57.8 Å². The van der Waals surface area contributed by atoms with Crippen LogP contribution in [0.1, 0.15) is 329 Å². The van der Waals surface area contributed by atoms with Gasteiger partial charge in [-0.15, -0.1) is 0 Å². The van der Waals surface area contributed by atoms with Crippen molar-refractivity contribution in [3.05, 3.63) is 36.5 Å². The molecule has 12 heteroatoms. The highest BCUT2D eigenvalue weighted by Gasteiger charge is 2.28. The molecule has 0 amide bonds. The number of allylic oxidation sites excluding steroid dienone is 6. The second-order valence-electron chi connectivity index (χ2n) is 22.3. The largest absolute Gasteiger partial charge is 0.472 e. The molecule has 0 spiro atoms. The van der Waals surface area contributed by atoms with Crippen LogP contribution < -0.4 is 0 Å². The zero-order valence-corrected chi connectivity index (χ0v) is 51.8. The van der Waals surface area contributed by atoms with Crippen LogP contribution in [0.3, 0.4) is 0 Å². The Balaban J connectivity index is 4.65. The van der Waals surface area contributed by atoms with Crippen LogP contribution in [0.4, 0.5) is 0 Å². The summed E-state index contributed by atoms with van der Waals surface area (Å²) in [7, 11) is -4.75. The fraction of sp³-hybridized carbons (Fsp3) is 0.864. The molecule has 0 heterocycles. The molecule has 0 aliphatic heterocycles. The molecular formula is C66H123O11P. The van der Waals surface area contributed by atoms with Crippen LogP contribution in [0.15, 0.2) is 36.5 Å². The Labute approximate surface area is 480 Å². The number of unbranched alkanes of at least 4 members (excludes halogenated alkanes) is 39. The standard InChI is InChI=1S/C66H123O11P/c1-4-7-10-13-16-19-22-25-28-30-31-33-35-37-40-43-46-49-52-55-64(68)73-59-63(77-66(70)57-54-51-48-45-42-39-36-32-29-26-23-20-17-14-11-8-5-2)61-75-78(71,72)74-60-62(58-67)76-65(69)56-53-50-47-44-41-38-34-27-24-21-18-15-12-9-6-3/h9,12,18,21,27,34,62-63,67H,4-8,10-11,13-17,19-20,22-26,28-33,35-61H2,1-3H3,(H,71,72)/b12-9-,21-18-,34-27-. The van der Waals surface area contributed by atoms with E-state index in [1.807, 2.05) is 0 Å². The first-order chi connectivity index (χ1) is 38.2. The maximum Gasteiger partial charge on any atom is 0.472 e. The molecule has 3 unspecified atom stereocenters. The Kier molecular flexibility index (Phi) is 59.0. The first-order valence-corrected chi connectivity index (χ1v) is 34.4. The van der Waals surface area contributed by atoms with Crippen molar-refractivity contribution in [2.24, 2.45) is 0 Å². The van der Waals surface area contributed by atoms with Gasteiger partial charge in [0.1, 0.15) is 12.7 Å². The van der Waals surface area contributed by atoms with E-state index in [2.05, 4.69) is 57.2 Å². The minimum Gasteiger partial charge on any atom is -0.462 e. The number of aliphatic hydroxyl groups is 1. The average molecular weight is 1120 g/mol. The van der Waals surface area contributed by atoms with Gasteiger partial charge in [-0.2, -0.15) is 0 Å². The topological polar surface area (TPSA) is 155 Å². The molecule has 0 bridgehead atoms. The summed E-state index contributed by atoms with van der Waals surface area (Å²) in [6.45, 7) is 4.60. The van der Waals surface area contributed by atoms with E-state index in [9.17, 15) is 28.9 Å². The fourth-order valence-electron chi connectivity index (χ4n) is 9.61. The zero-order chi connectivity index (χ0) is 56.9. The molecule has 78 heavy (non-hydrogen) atoms. The van der Waals surface area contributed by atoms with Gasteiger partial charge in [-0.05, 0) is 51.4 Å². The fourth-order valence-corrected chi connectivity index (χ4v) is 10.4. The number of phosphoric ester groups is 1. The van der Waals surface area contributed by atoms with Crippen molar-refractivity contribution in [1.82, 2.24) is 0 Å². The van der Waals surface area contributed by atoms with E-state index in [0.717, 1.165) is 89.9 Å². The predicted octanol–water partition coefficient (Wildman–Crippen LogP) is 19.9. The molecule has 11 nitrogen and oxygen atoms in total. The van der Waals surface area contributed by atoms with E-state index in [0.29, 0.717) is 19.3 Å². The normalized spacial score (nSPS) is 13.4. The predicted molar refractivity (Wildman–Crippen MR) is 326 cm³/mol. The Hall–Kier alpha value is -2.30. The molecule has 0 aromatic heterocycles. The Morgan fingerprint density at radius 2 is 0.667 bits per heavy atom. The van der Waals surface area contributed by atoms with Crippen molar-refractivity contribution in [2.75, 3.05) is 26.4 Å². The number of rotatable bonds is 62. The molecule has 0 rings (SSSR count). The van der Waals surface area contributed by atoms with Crippen molar-refractivity contribution in [3.8, 4) is 0 Å². The summed E-state index contributed by atoms with van der Waals surface area (Å²) < 4.78 is 39.7. The summed E-state index contributed by atoms with van der Waals surface area (Å²) in [5.74, 6) is -1.45. The van der Waals surface area contributed by atoms with Crippen LogP contribution in [0.2, 0.25) is 0 Å². The van der Waals surface area contributed by atoms with Gasteiger partial charge in [0, 0.05) is 19.3 Å². The minimum atomic E-state index is -4.75. The number of hydrogen-bond donors (Lipinski definition) is 2. The van der Waals surface area contributed by atoms with Crippen molar-refractivity contribution in [1.29, 1.82) is 0 Å². The number of phosphoric acid groups is 1. The molecule has 458 valence electrons. The molecule has 0 aromatic carbocycles. The van der Waals surface area contributed by atoms with E-state index in [-0.39, 0.29) is 25.9 Å². The number of carbonyl (C=O) groups excluding carboxylic acids is 3. The van der Waals surface area contributed by atoms with Gasteiger partial charge in [-0.1, -0.05) is 295 Å². The molecule has 0 radical (unpaired) electrons. The summed E-state index contributed by atoms with van der Waals surface area (Å²) in [6, 6.07) is 0. The van der Waals surface area contributed by atoms with Crippen LogP contribution >= 0.6 is 7.82 Å². The first-order valence-electron chi connectivity index (χ1n) is 32.9. The van der Waals surface area contributed by atoms with Gasteiger partial charge in [0.25, 0.3) is 0 Å². The molecule has 2 N–H and O–H groups in total. The maximum absolute atomic E-state index is 13.0. The molecule has 0 saturated heterocycles. The first kappa shape index (κ1) is 75.7. The summed E-state index contributed by atoms with van der Waals surface area (Å²) in [5, 5.41) is 9.84. The molecule has 0 aliphatic rings.